The second kappa shape index (κ2) is 8.39. The lowest BCUT2D eigenvalue weighted by molar-refractivity contribution is -0.172. The third-order valence-electron chi connectivity index (χ3n) is 13.8. The van der Waals surface area contributed by atoms with Gasteiger partial charge in [0.25, 0.3) is 5.91 Å². The van der Waals surface area contributed by atoms with E-state index < -0.39 is 5.41 Å². The van der Waals surface area contributed by atoms with E-state index >= 15 is 0 Å². The number of hydrogen-bond acceptors (Lipinski definition) is 4. The largest absolute Gasteiger partial charge is 0.396 e. The molecular weight excluding hydrogens is 472 g/mol. The zero-order valence-electron chi connectivity index (χ0n) is 24.3. The van der Waals surface area contributed by atoms with Crippen LogP contribution in [0.4, 0.5) is 0 Å². The zero-order valence-corrected chi connectivity index (χ0v) is 24.3. The van der Waals surface area contributed by atoms with Gasteiger partial charge in [0, 0.05) is 34.9 Å². The molecule has 0 aromatic heterocycles. The molecular formula is C33H48N2O3. The highest BCUT2D eigenvalue weighted by Crippen LogP contribution is 2.87. The van der Waals surface area contributed by atoms with Gasteiger partial charge in [0.2, 0.25) is 0 Å². The van der Waals surface area contributed by atoms with Crippen molar-refractivity contribution in [3.05, 3.63) is 35.9 Å². The number of hydrogen-bond donors (Lipinski definition) is 2. The molecule has 2 spiro atoms. The van der Waals surface area contributed by atoms with Gasteiger partial charge in [-0.1, -0.05) is 39.0 Å². The van der Waals surface area contributed by atoms with E-state index in [1.807, 2.05) is 30.3 Å². The van der Waals surface area contributed by atoms with Crippen LogP contribution in [0, 0.1) is 44.8 Å². The van der Waals surface area contributed by atoms with E-state index in [0.717, 1.165) is 32.1 Å². The van der Waals surface area contributed by atoms with Gasteiger partial charge in [-0.05, 0) is 112 Å². The lowest BCUT2D eigenvalue weighted by atomic mass is 9.41. The number of aliphatic hydroxyl groups is 1. The summed E-state index contributed by atoms with van der Waals surface area (Å²) >= 11 is 0. The molecule has 0 unspecified atom stereocenters. The van der Waals surface area contributed by atoms with Gasteiger partial charge >= 0.3 is 0 Å². The number of nitrogens with one attached hydrogen (secondary N) is 1. The summed E-state index contributed by atoms with van der Waals surface area (Å²) in [5.41, 5.74) is 0.243. The van der Waals surface area contributed by atoms with E-state index in [4.69, 9.17) is 0 Å². The Labute approximate surface area is 229 Å². The van der Waals surface area contributed by atoms with Gasteiger partial charge in [-0.3, -0.25) is 9.59 Å². The topological polar surface area (TPSA) is 69.6 Å². The number of carbonyl (C=O) groups excluding carboxylic acids is 2. The fraction of sp³-hybridized carbons (Fsp3) is 0.758. The smallest absolute Gasteiger partial charge is 0.251 e. The first kappa shape index (κ1) is 26.5. The number of rotatable bonds is 5. The molecule has 0 radical (unpaired) electrons. The molecule has 208 valence electrons. The summed E-state index contributed by atoms with van der Waals surface area (Å²) < 4.78 is 0. The number of fused-ring (bicyclic) bond motifs is 2. The van der Waals surface area contributed by atoms with Crippen LogP contribution >= 0.6 is 0 Å². The molecule has 5 nitrogen and oxygen atoms in total. The molecule has 0 saturated heterocycles. The van der Waals surface area contributed by atoms with Crippen molar-refractivity contribution in [2.45, 2.75) is 91.1 Å². The minimum Gasteiger partial charge on any atom is -0.396 e. The third kappa shape index (κ3) is 3.07. The number of ketones is 1. The first-order valence-electron chi connectivity index (χ1n) is 15.1. The van der Waals surface area contributed by atoms with Crippen LogP contribution in [0.3, 0.4) is 0 Å². The molecule has 0 bridgehead atoms. The molecule has 5 saturated carbocycles. The Kier molecular flexibility index (Phi) is 5.85. The van der Waals surface area contributed by atoms with Crippen molar-refractivity contribution in [1.82, 2.24) is 10.2 Å². The first-order valence-corrected chi connectivity index (χ1v) is 15.1. The summed E-state index contributed by atoms with van der Waals surface area (Å²) in [6, 6.07) is 9.78. The SMILES string of the molecule is C[C@@H]([C@H]1CC[C@@]2(C)[C@@H]3CC[C@H]4[C@](C)(CO)[C@@H](NC(=O)c5ccccc5)CC[C@@]45C[C@@]35C(=O)C[C@]12C)N(C)C. The van der Waals surface area contributed by atoms with Crippen LogP contribution in [0.1, 0.15) is 89.4 Å². The van der Waals surface area contributed by atoms with Crippen molar-refractivity contribution >= 4 is 11.7 Å². The van der Waals surface area contributed by atoms with Crippen molar-refractivity contribution in [2.24, 2.45) is 44.8 Å². The Morgan fingerprint density at radius 3 is 2.37 bits per heavy atom. The summed E-state index contributed by atoms with van der Waals surface area (Å²) in [6.45, 7) is 9.57. The fourth-order valence-electron chi connectivity index (χ4n) is 11.4. The Balaban J connectivity index is 1.31. The van der Waals surface area contributed by atoms with E-state index in [1.165, 1.54) is 12.8 Å². The molecule has 5 fully saturated rings. The molecule has 0 aliphatic heterocycles. The summed E-state index contributed by atoms with van der Waals surface area (Å²) in [7, 11) is 4.36. The average molecular weight is 521 g/mol. The molecule has 5 aliphatic carbocycles. The maximum atomic E-state index is 14.5. The van der Waals surface area contributed by atoms with Gasteiger partial charge in [-0.15, -0.1) is 0 Å². The highest BCUT2D eigenvalue weighted by atomic mass is 16.3. The van der Waals surface area contributed by atoms with Gasteiger partial charge in [0.1, 0.15) is 5.78 Å². The second-order valence-electron chi connectivity index (χ2n) is 14.9. The van der Waals surface area contributed by atoms with E-state index in [2.05, 4.69) is 52.0 Å². The lowest BCUT2D eigenvalue weighted by Crippen LogP contribution is -2.63. The summed E-state index contributed by atoms with van der Waals surface area (Å²) in [5, 5.41) is 14.2. The van der Waals surface area contributed by atoms with Crippen LogP contribution in [0.2, 0.25) is 0 Å². The van der Waals surface area contributed by atoms with Crippen molar-refractivity contribution in [1.29, 1.82) is 0 Å². The molecule has 10 atom stereocenters. The third-order valence-corrected chi connectivity index (χ3v) is 13.8. The zero-order chi connectivity index (χ0) is 27.3. The Morgan fingerprint density at radius 2 is 1.71 bits per heavy atom. The standard InChI is InChI=1S/C33H48N2O3/c1-21(35(5)6)23-14-16-30(3)25-13-12-24-29(2,20-36)26(34-28(38)22-10-8-7-9-11-22)15-17-32(24)19-33(25,32)27(37)18-31(23,30)4/h7-11,21,23-26,36H,12-20H2,1-6H3,(H,34,38)/t21-,23+,24-,25-,26-,29-,30-,31+,32+,33-/m0/s1. The van der Waals surface area contributed by atoms with E-state index in [0.29, 0.717) is 35.6 Å². The number of benzene rings is 1. The van der Waals surface area contributed by atoms with Crippen LogP contribution in [0.25, 0.3) is 0 Å². The molecule has 6 rings (SSSR count). The van der Waals surface area contributed by atoms with Gasteiger partial charge in [-0.25, -0.2) is 0 Å². The predicted molar refractivity (Wildman–Crippen MR) is 150 cm³/mol. The number of nitrogens with zero attached hydrogens (tertiary/aromatic N) is 1. The minimum absolute atomic E-state index is 0.00591. The first-order chi connectivity index (χ1) is 17.9. The predicted octanol–water partition coefficient (Wildman–Crippen LogP) is 5.33. The van der Waals surface area contributed by atoms with E-state index in [9.17, 15) is 14.7 Å². The highest BCUT2D eigenvalue weighted by molar-refractivity contribution is 5.94. The molecule has 5 heteroatoms. The van der Waals surface area contributed by atoms with Gasteiger partial charge in [0.15, 0.2) is 0 Å². The number of Topliss-reactive ketones (excluding diaryl/α,β-unsaturated/α-hetero) is 1. The van der Waals surface area contributed by atoms with E-state index in [-0.39, 0.29) is 46.1 Å². The van der Waals surface area contributed by atoms with Crippen molar-refractivity contribution < 1.29 is 14.7 Å². The summed E-state index contributed by atoms with van der Waals surface area (Å²) in [4.78, 5) is 29.9. The maximum absolute atomic E-state index is 14.5. The minimum atomic E-state index is -0.420. The second-order valence-corrected chi connectivity index (χ2v) is 14.9. The number of amides is 1. The van der Waals surface area contributed by atoms with Gasteiger partial charge in [0.05, 0.1) is 6.61 Å². The summed E-state index contributed by atoms with van der Waals surface area (Å²) in [6.07, 6.45) is 8.09. The molecule has 38 heavy (non-hydrogen) atoms. The fourth-order valence-corrected chi connectivity index (χ4v) is 11.4. The maximum Gasteiger partial charge on any atom is 0.251 e. The number of aliphatic hydroxyl groups excluding tert-OH is 1. The van der Waals surface area contributed by atoms with Gasteiger partial charge < -0.3 is 15.3 Å². The van der Waals surface area contributed by atoms with Crippen LogP contribution in [0.5, 0.6) is 0 Å². The van der Waals surface area contributed by atoms with Crippen LogP contribution in [-0.4, -0.2) is 54.5 Å². The molecule has 1 aromatic carbocycles. The monoisotopic (exact) mass is 520 g/mol. The van der Waals surface area contributed by atoms with Crippen LogP contribution < -0.4 is 5.32 Å². The number of carbonyl (C=O) groups is 2. The molecule has 0 heterocycles. The average Bonchev–Trinajstić information content (AvgIpc) is 3.52. The molecule has 5 aliphatic rings. The molecule has 1 aromatic rings. The van der Waals surface area contributed by atoms with Crippen LogP contribution in [0.15, 0.2) is 30.3 Å². The van der Waals surface area contributed by atoms with Gasteiger partial charge in [-0.2, -0.15) is 0 Å². The quantitative estimate of drug-likeness (QED) is 0.551. The van der Waals surface area contributed by atoms with Crippen molar-refractivity contribution in [3.63, 3.8) is 0 Å². The van der Waals surface area contributed by atoms with Crippen molar-refractivity contribution in [3.8, 4) is 0 Å². The Bertz CT molecular complexity index is 1140. The van der Waals surface area contributed by atoms with Crippen LogP contribution in [-0.2, 0) is 4.79 Å². The summed E-state index contributed by atoms with van der Waals surface area (Å²) in [5.74, 6) is 1.71. The Hall–Kier alpha value is -1.72. The molecule has 1 amide bonds. The Morgan fingerprint density at radius 1 is 1.03 bits per heavy atom. The van der Waals surface area contributed by atoms with E-state index in [1.54, 1.807) is 0 Å². The highest BCUT2D eigenvalue weighted by Gasteiger charge is 2.85. The normalized spacial score (nSPS) is 47.9. The lowest BCUT2D eigenvalue weighted by Gasteiger charge is -2.63. The molecule has 2 N–H and O–H groups in total. The van der Waals surface area contributed by atoms with Crippen molar-refractivity contribution in [2.75, 3.05) is 20.7 Å².